The smallest absolute Gasteiger partial charge is 0.174 e. The van der Waals surface area contributed by atoms with Crippen LogP contribution in [0.25, 0.3) is 5.57 Å². The van der Waals surface area contributed by atoms with Crippen molar-refractivity contribution in [3.05, 3.63) is 53.1 Å². The highest BCUT2D eigenvalue weighted by molar-refractivity contribution is 6.33. The van der Waals surface area contributed by atoms with E-state index in [1.807, 2.05) is 36.4 Å². The molecule has 1 aliphatic rings. The Bertz CT molecular complexity index is 498. The van der Waals surface area contributed by atoms with Gasteiger partial charge in [0.05, 0.1) is 0 Å². The number of benzene rings is 1. The summed E-state index contributed by atoms with van der Waals surface area (Å²) in [5.74, 6) is 0. The molecule has 0 heterocycles. The molecule has 0 aliphatic heterocycles. The fourth-order valence-electron chi connectivity index (χ4n) is 1.65. The minimum absolute atomic E-state index is 0.145. The Labute approximate surface area is 99.1 Å². The van der Waals surface area contributed by atoms with E-state index in [1.165, 1.54) is 6.08 Å². The maximum absolute atomic E-state index is 9.75. The van der Waals surface area contributed by atoms with Crippen molar-refractivity contribution in [2.75, 3.05) is 0 Å². The molecule has 0 amide bonds. The van der Waals surface area contributed by atoms with Crippen molar-refractivity contribution in [3.8, 4) is 6.07 Å². The fraction of sp³-hybridized carbons (Fsp3) is 0.154. The molecule has 2 nitrogen and oxygen atoms in total. The normalized spacial score (nSPS) is 24.3. The highest BCUT2D eigenvalue weighted by Gasteiger charge is 2.28. The molecule has 1 unspecified atom stereocenters. The molecule has 1 aromatic rings. The fourth-order valence-corrected chi connectivity index (χ4v) is 2.03. The van der Waals surface area contributed by atoms with E-state index >= 15 is 0 Å². The van der Waals surface area contributed by atoms with E-state index in [0.29, 0.717) is 5.03 Å². The molecule has 0 saturated carbocycles. The molecule has 0 spiro atoms. The van der Waals surface area contributed by atoms with Crippen LogP contribution in [-0.4, -0.2) is 10.7 Å². The Morgan fingerprint density at radius 2 is 2.00 bits per heavy atom. The van der Waals surface area contributed by atoms with Crippen molar-refractivity contribution in [1.82, 2.24) is 0 Å². The Hall–Kier alpha value is -1.56. The third kappa shape index (κ3) is 2.01. The van der Waals surface area contributed by atoms with Gasteiger partial charge in [-0.1, -0.05) is 48.0 Å². The molecule has 0 radical (unpaired) electrons. The molecular weight excluding hydrogens is 222 g/mol. The minimum atomic E-state index is -1.46. The van der Waals surface area contributed by atoms with E-state index in [-0.39, 0.29) is 6.42 Å². The van der Waals surface area contributed by atoms with Crippen molar-refractivity contribution in [3.63, 3.8) is 0 Å². The topological polar surface area (TPSA) is 44.0 Å². The summed E-state index contributed by atoms with van der Waals surface area (Å²) < 4.78 is 0. The molecule has 1 aromatic carbocycles. The second-order valence-corrected chi connectivity index (χ2v) is 4.19. The molecular formula is C13H10ClNO. The first-order chi connectivity index (χ1) is 7.64. The van der Waals surface area contributed by atoms with Gasteiger partial charge in [0.25, 0.3) is 0 Å². The predicted molar refractivity (Wildman–Crippen MR) is 63.5 cm³/mol. The van der Waals surface area contributed by atoms with E-state index in [0.717, 1.165) is 11.1 Å². The summed E-state index contributed by atoms with van der Waals surface area (Å²) in [6.45, 7) is 0. The van der Waals surface area contributed by atoms with Crippen molar-refractivity contribution >= 4 is 17.2 Å². The Kier molecular flexibility index (Phi) is 2.82. The number of rotatable bonds is 1. The van der Waals surface area contributed by atoms with Crippen LogP contribution in [0.4, 0.5) is 0 Å². The summed E-state index contributed by atoms with van der Waals surface area (Å²) >= 11 is 6.10. The highest BCUT2D eigenvalue weighted by atomic mass is 35.5. The van der Waals surface area contributed by atoms with E-state index in [1.54, 1.807) is 6.08 Å². The van der Waals surface area contributed by atoms with Crippen LogP contribution < -0.4 is 0 Å². The Morgan fingerprint density at radius 3 is 2.56 bits per heavy atom. The largest absolute Gasteiger partial charge is 0.372 e. The van der Waals surface area contributed by atoms with Gasteiger partial charge in [-0.2, -0.15) is 5.26 Å². The lowest BCUT2D eigenvalue weighted by Crippen LogP contribution is -2.25. The number of nitriles is 1. The number of halogens is 1. The lowest BCUT2D eigenvalue weighted by molar-refractivity contribution is 0.152. The van der Waals surface area contributed by atoms with Gasteiger partial charge >= 0.3 is 0 Å². The maximum Gasteiger partial charge on any atom is 0.174 e. The molecule has 0 aromatic heterocycles. The quantitative estimate of drug-likeness (QED) is 0.756. The average Bonchev–Trinajstić information content (AvgIpc) is 2.30. The van der Waals surface area contributed by atoms with Crippen molar-refractivity contribution in [2.45, 2.75) is 12.0 Å². The average molecular weight is 232 g/mol. The van der Waals surface area contributed by atoms with Crippen LogP contribution >= 0.6 is 11.6 Å². The number of nitrogens with zero attached hydrogens (tertiary/aromatic N) is 1. The monoisotopic (exact) mass is 231 g/mol. The van der Waals surface area contributed by atoms with Gasteiger partial charge in [0.15, 0.2) is 5.60 Å². The molecule has 0 bridgehead atoms. The van der Waals surface area contributed by atoms with Crippen LogP contribution in [-0.2, 0) is 0 Å². The summed E-state index contributed by atoms with van der Waals surface area (Å²) in [5.41, 5.74) is 0.390. The van der Waals surface area contributed by atoms with Gasteiger partial charge in [0.2, 0.25) is 0 Å². The summed E-state index contributed by atoms with van der Waals surface area (Å²) in [6.07, 6.45) is 3.33. The van der Waals surface area contributed by atoms with Crippen molar-refractivity contribution < 1.29 is 5.11 Å². The maximum atomic E-state index is 9.75. The van der Waals surface area contributed by atoms with Gasteiger partial charge in [0, 0.05) is 11.5 Å². The van der Waals surface area contributed by atoms with Gasteiger partial charge in [-0.25, -0.2) is 0 Å². The zero-order valence-corrected chi connectivity index (χ0v) is 9.28. The zero-order valence-electron chi connectivity index (χ0n) is 8.52. The molecule has 1 aliphatic carbocycles. The van der Waals surface area contributed by atoms with E-state index in [4.69, 9.17) is 16.9 Å². The lowest BCUT2D eigenvalue weighted by atomic mass is 9.90. The molecule has 0 fully saturated rings. The van der Waals surface area contributed by atoms with Gasteiger partial charge < -0.3 is 5.11 Å². The van der Waals surface area contributed by atoms with E-state index in [9.17, 15) is 5.11 Å². The molecule has 80 valence electrons. The number of hydrogen-bond donors (Lipinski definition) is 1. The predicted octanol–water partition coefficient (Wildman–Crippen LogP) is 2.85. The summed E-state index contributed by atoms with van der Waals surface area (Å²) in [5, 5.41) is 19.1. The van der Waals surface area contributed by atoms with E-state index < -0.39 is 5.60 Å². The van der Waals surface area contributed by atoms with Crippen LogP contribution in [0.3, 0.4) is 0 Å². The zero-order chi connectivity index (χ0) is 11.6. The summed E-state index contributed by atoms with van der Waals surface area (Å²) in [6, 6.07) is 11.5. The van der Waals surface area contributed by atoms with Gasteiger partial charge in [-0.3, -0.25) is 0 Å². The number of hydrogen-bond acceptors (Lipinski definition) is 2. The summed E-state index contributed by atoms with van der Waals surface area (Å²) in [4.78, 5) is 0. The van der Waals surface area contributed by atoms with Crippen molar-refractivity contribution in [2.24, 2.45) is 0 Å². The van der Waals surface area contributed by atoms with E-state index in [2.05, 4.69) is 0 Å². The molecule has 1 N–H and O–H groups in total. The SMILES string of the molecule is N#CC1(O)C=CC(c2ccccc2)=C(Cl)C1. The molecule has 0 saturated heterocycles. The standard InChI is InChI=1S/C13H10ClNO/c14-12-8-13(16,9-15)7-6-11(12)10-4-2-1-3-5-10/h1-7,16H,8H2. The second kappa shape index (κ2) is 4.13. The molecule has 2 rings (SSSR count). The van der Waals surface area contributed by atoms with Crippen LogP contribution in [0.2, 0.25) is 0 Å². The van der Waals surface area contributed by atoms with Crippen LogP contribution in [0.15, 0.2) is 47.5 Å². The molecule has 16 heavy (non-hydrogen) atoms. The second-order valence-electron chi connectivity index (χ2n) is 3.73. The van der Waals surface area contributed by atoms with Crippen molar-refractivity contribution in [1.29, 1.82) is 5.26 Å². The number of aliphatic hydroxyl groups is 1. The minimum Gasteiger partial charge on any atom is -0.372 e. The molecule has 3 heteroatoms. The first-order valence-corrected chi connectivity index (χ1v) is 5.29. The third-order valence-electron chi connectivity index (χ3n) is 2.52. The highest BCUT2D eigenvalue weighted by Crippen LogP contribution is 2.34. The third-order valence-corrected chi connectivity index (χ3v) is 2.86. The number of allylic oxidation sites excluding steroid dienone is 2. The first kappa shape index (κ1) is 10.9. The van der Waals surface area contributed by atoms with Gasteiger partial charge in [0.1, 0.15) is 6.07 Å². The van der Waals surface area contributed by atoms with Crippen LogP contribution in [0.5, 0.6) is 0 Å². The summed E-state index contributed by atoms with van der Waals surface area (Å²) in [7, 11) is 0. The van der Waals surface area contributed by atoms with Crippen LogP contribution in [0.1, 0.15) is 12.0 Å². The lowest BCUT2D eigenvalue weighted by Gasteiger charge is -2.21. The Morgan fingerprint density at radius 1 is 1.31 bits per heavy atom. The van der Waals surface area contributed by atoms with Crippen LogP contribution in [0, 0.1) is 11.3 Å². The van der Waals surface area contributed by atoms with Gasteiger partial charge in [-0.15, -0.1) is 0 Å². The van der Waals surface area contributed by atoms with Gasteiger partial charge in [-0.05, 0) is 17.2 Å². The first-order valence-electron chi connectivity index (χ1n) is 4.91. The molecule has 1 atom stereocenters. The Balaban J connectivity index is 2.38.